The van der Waals surface area contributed by atoms with E-state index in [0.717, 1.165) is 21.8 Å². The van der Waals surface area contributed by atoms with Crippen molar-refractivity contribution in [1.29, 1.82) is 0 Å². The van der Waals surface area contributed by atoms with Crippen LogP contribution >= 0.6 is 11.3 Å². The summed E-state index contributed by atoms with van der Waals surface area (Å²) in [4.78, 5) is 24.2. The molecule has 8 heteroatoms. The molecule has 0 N–H and O–H groups in total. The molecule has 1 unspecified atom stereocenters. The quantitative estimate of drug-likeness (QED) is 0.736. The average Bonchev–Trinajstić information content (AvgIpc) is 3.21. The molecule has 1 aromatic heterocycles. The van der Waals surface area contributed by atoms with Crippen molar-refractivity contribution >= 4 is 23.1 Å². The number of rotatable bonds is 4. The Bertz CT molecular complexity index is 956. The van der Waals surface area contributed by atoms with Crippen molar-refractivity contribution in [1.82, 2.24) is 9.88 Å². The molecular formula is C20H20FN3O3S. The van der Waals surface area contributed by atoms with Crippen LogP contribution in [-0.2, 0) is 14.3 Å². The Labute approximate surface area is 166 Å². The number of nitrogens with zero attached hydrogens (tertiary/aromatic N) is 3. The summed E-state index contributed by atoms with van der Waals surface area (Å²) in [5, 5.41) is 2.66. The van der Waals surface area contributed by atoms with Crippen LogP contribution in [0.5, 0.6) is 0 Å². The third kappa shape index (κ3) is 3.33. The number of halogens is 1. The molecule has 0 spiro atoms. The van der Waals surface area contributed by atoms with Crippen LogP contribution < -0.4 is 0 Å². The summed E-state index contributed by atoms with van der Waals surface area (Å²) in [7, 11) is 0. The Balaban J connectivity index is 1.90. The normalized spacial score (nSPS) is 19.3. The molecular weight excluding hydrogens is 381 g/mol. The first-order valence-electron chi connectivity index (χ1n) is 9.09. The number of fused-ring (bicyclic) bond motifs is 1. The minimum Gasteiger partial charge on any atom is -0.463 e. The molecule has 0 amide bonds. The van der Waals surface area contributed by atoms with Gasteiger partial charge in [0.2, 0.25) is 0 Å². The molecule has 4 rings (SSSR count). The summed E-state index contributed by atoms with van der Waals surface area (Å²) in [6.07, 6.45) is 1.73. The van der Waals surface area contributed by atoms with Gasteiger partial charge in [0.15, 0.2) is 10.8 Å². The summed E-state index contributed by atoms with van der Waals surface area (Å²) in [5.41, 5.74) is 2.66. The fourth-order valence-corrected chi connectivity index (χ4v) is 4.16. The maximum Gasteiger partial charge on any atom is 0.338 e. The van der Waals surface area contributed by atoms with Crippen molar-refractivity contribution in [2.24, 2.45) is 4.99 Å². The van der Waals surface area contributed by atoms with Crippen LogP contribution in [0.2, 0.25) is 0 Å². The van der Waals surface area contributed by atoms with Gasteiger partial charge in [0.05, 0.1) is 31.1 Å². The molecule has 2 aliphatic heterocycles. The zero-order valence-corrected chi connectivity index (χ0v) is 16.5. The first-order valence-corrected chi connectivity index (χ1v) is 9.97. The number of aliphatic imine (C=N–C) groups is 1. The van der Waals surface area contributed by atoms with E-state index in [0.29, 0.717) is 24.6 Å². The largest absolute Gasteiger partial charge is 0.463 e. The van der Waals surface area contributed by atoms with Crippen molar-refractivity contribution in [3.8, 4) is 0 Å². The minimum absolute atomic E-state index is 0.259. The Hall–Kier alpha value is -2.58. The fourth-order valence-electron chi connectivity index (χ4n) is 3.52. The number of ether oxygens (including phenoxy) is 2. The monoisotopic (exact) mass is 401 g/mol. The summed E-state index contributed by atoms with van der Waals surface area (Å²) in [5.74, 6) is -0.0483. The molecule has 3 heterocycles. The van der Waals surface area contributed by atoms with Gasteiger partial charge in [0.1, 0.15) is 11.9 Å². The van der Waals surface area contributed by atoms with Gasteiger partial charge in [-0.1, -0.05) is 6.07 Å². The van der Waals surface area contributed by atoms with E-state index in [1.165, 1.54) is 23.5 Å². The maximum absolute atomic E-state index is 13.7. The molecule has 0 radical (unpaired) electrons. The van der Waals surface area contributed by atoms with Crippen molar-refractivity contribution in [3.63, 3.8) is 0 Å². The predicted octanol–water partition coefficient (Wildman–Crippen LogP) is 3.24. The highest BCUT2D eigenvalue weighted by Gasteiger charge is 2.38. The van der Waals surface area contributed by atoms with Crippen LogP contribution in [0.3, 0.4) is 0 Å². The second-order valence-corrected chi connectivity index (χ2v) is 7.37. The molecule has 0 bridgehead atoms. The molecule has 2 aliphatic rings. The van der Waals surface area contributed by atoms with Gasteiger partial charge < -0.3 is 14.4 Å². The third-order valence-electron chi connectivity index (χ3n) is 4.76. The summed E-state index contributed by atoms with van der Waals surface area (Å²) >= 11 is 1.49. The van der Waals surface area contributed by atoms with Gasteiger partial charge in [-0.3, -0.25) is 4.99 Å². The molecule has 1 atom stereocenters. The lowest BCUT2D eigenvalue weighted by molar-refractivity contribution is -0.139. The van der Waals surface area contributed by atoms with E-state index >= 15 is 0 Å². The Morgan fingerprint density at radius 1 is 1.46 bits per heavy atom. The number of carbonyl (C=O) groups excluding carboxylic acids is 1. The molecule has 1 aromatic carbocycles. The molecule has 1 fully saturated rings. The van der Waals surface area contributed by atoms with Crippen molar-refractivity contribution in [3.05, 3.63) is 63.0 Å². The van der Waals surface area contributed by atoms with Crippen molar-refractivity contribution < 1.29 is 18.7 Å². The number of thiazole rings is 1. The van der Waals surface area contributed by atoms with E-state index in [2.05, 4.69) is 4.98 Å². The van der Waals surface area contributed by atoms with Gasteiger partial charge in [-0.15, -0.1) is 11.3 Å². The molecule has 6 nitrogen and oxygen atoms in total. The standard InChI is InChI=1S/C20H20FN3O3S/c1-3-27-20(25)16-15-11-26-8-7-24(15)18(19-22-6-9-28-19)23-17(16)14-5-4-13(21)10-12(14)2/h4-6,9-10,17H,3,7-8,11H2,1-2H3. The predicted molar refractivity (Wildman–Crippen MR) is 104 cm³/mol. The van der Waals surface area contributed by atoms with Crippen LogP contribution in [0.25, 0.3) is 0 Å². The maximum atomic E-state index is 13.7. The number of amidine groups is 1. The second kappa shape index (κ2) is 7.81. The van der Waals surface area contributed by atoms with E-state index in [1.54, 1.807) is 19.2 Å². The Morgan fingerprint density at radius 2 is 2.32 bits per heavy atom. The van der Waals surface area contributed by atoms with E-state index < -0.39 is 12.0 Å². The summed E-state index contributed by atoms with van der Waals surface area (Å²) in [6, 6.07) is 3.91. The number of benzene rings is 1. The molecule has 28 heavy (non-hydrogen) atoms. The molecule has 1 saturated heterocycles. The Morgan fingerprint density at radius 3 is 3.04 bits per heavy atom. The van der Waals surface area contributed by atoms with Crippen LogP contribution in [0.15, 0.2) is 46.0 Å². The number of hydrogen-bond donors (Lipinski definition) is 0. The lowest BCUT2D eigenvalue weighted by Gasteiger charge is -2.38. The fraction of sp³-hybridized carbons (Fsp3) is 0.350. The van der Waals surface area contributed by atoms with Crippen LogP contribution in [0.1, 0.15) is 29.1 Å². The lowest BCUT2D eigenvalue weighted by atomic mass is 9.91. The highest BCUT2D eigenvalue weighted by atomic mass is 32.1. The van der Waals surface area contributed by atoms with Gasteiger partial charge in [0, 0.05) is 18.1 Å². The molecule has 0 aliphatic carbocycles. The zero-order valence-electron chi connectivity index (χ0n) is 15.6. The van der Waals surface area contributed by atoms with Gasteiger partial charge in [-0.2, -0.15) is 0 Å². The van der Waals surface area contributed by atoms with Gasteiger partial charge in [-0.25, -0.2) is 14.2 Å². The summed E-state index contributed by atoms with van der Waals surface area (Å²) < 4.78 is 24.7. The molecule has 146 valence electrons. The zero-order chi connectivity index (χ0) is 19.7. The first-order chi connectivity index (χ1) is 13.6. The second-order valence-electron chi connectivity index (χ2n) is 6.48. The highest BCUT2D eigenvalue weighted by Crippen LogP contribution is 2.38. The molecule has 2 aromatic rings. The molecule has 0 saturated carbocycles. The highest BCUT2D eigenvalue weighted by molar-refractivity contribution is 7.11. The smallest absolute Gasteiger partial charge is 0.338 e. The van der Waals surface area contributed by atoms with Crippen LogP contribution in [0.4, 0.5) is 4.39 Å². The number of hydrogen-bond acceptors (Lipinski definition) is 7. The van der Waals surface area contributed by atoms with Gasteiger partial charge in [-0.05, 0) is 37.1 Å². The third-order valence-corrected chi connectivity index (χ3v) is 5.53. The van der Waals surface area contributed by atoms with E-state index in [9.17, 15) is 9.18 Å². The van der Waals surface area contributed by atoms with E-state index in [-0.39, 0.29) is 19.0 Å². The number of aryl methyl sites for hydroxylation is 1. The number of carbonyl (C=O) groups is 1. The van der Waals surface area contributed by atoms with Crippen LogP contribution in [-0.4, -0.2) is 48.1 Å². The van der Waals surface area contributed by atoms with Crippen LogP contribution in [0, 0.1) is 12.7 Å². The number of morpholine rings is 1. The van der Waals surface area contributed by atoms with Gasteiger partial charge >= 0.3 is 5.97 Å². The minimum atomic E-state index is -0.605. The SMILES string of the molecule is CCOC(=O)C1=C2COCCN2C(c2nccs2)=NC1c1ccc(F)cc1C. The number of aromatic nitrogens is 1. The lowest BCUT2D eigenvalue weighted by Crippen LogP contribution is -2.44. The summed E-state index contributed by atoms with van der Waals surface area (Å²) in [6.45, 7) is 5.23. The Kier molecular flexibility index (Phi) is 5.23. The van der Waals surface area contributed by atoms with Crippen molar-refractivity contribution in [2.75, 3.05) is 26.4 Å². The van der Waals surface area contributed by atoms with Gasteiger partial charge in [0.25, 0.3) is 0 Å². The first kappa shape index (κ1) is 18.8. The average molecular weight is 401 g/mol. The topological polar surface area (TPSA) is 64.0 Å². The van der Waals surface area contributed by atoms with E-state index in [4.69, 9.17) is 14.5 Å². The van der Waals surface area contributed by atoms with E-state index in [1.807, 2.05) is 17.2 Å². The number of esters is 1. The van der Waals surface area contributed by atoms with Crippen molar-refractivity contribution in [2.45, 2.75) is 19.9 Å².